The number of Topliss-reactive ketones (excluding diaryl/α,β-unsaturated/α-hetero) is 1. The number of benzene rings is 2. The number of anilines is 1. The summed E-state index contributed by atoms with van der Waals surface area (Å²) in [5, 5.41) is 2.33. The standard InChI is InChI=1S/C25H16N2O5S/c1-14-21-22(15-7-2-4-9-17(15)26-14)24(30)27(23(21)29)18-10-5-3-8-16(18)25(31)32-13-19(28)20-11-6-12-33-20/h2-12H,13H2,1H3. The summed E-state index contributed by atoms with van der Waals surface area (Å²) < 4.78 is 5.21. The van der Waals surface area contributed by atoms with Crippen LogP contribution in [0.3, 0.4) is 0 Å². The van der Waals surface area contributed by atoms with Gasteiger partial charge >= 0.3 is 5.97 Å². The first-order valence-corrected chi connectivity index (χ1v) is 11.0. The zero-order chi connectivity index (χ0) is 23.1. The quantitative estimate of drug-likeness (QED) is 0.250. The van der Waals surface area contributed by atoms with E-state index in [1.807, 2.05) is 6.07 Å². The minimum atomic E-state index is -0.799. The molecule has 0 bridgehead atoms. The molecule has 2 amide bonds. The van der Waals surface area contributed by atoms with Gasteiger partial charge in [0.25, 0.3) is 11.8 Å². The van der Waals surface area contributed by atoms with Crippen LogP contribution in [0.5, 0.6) is 0 Å². The van der Waals surface area contributed by atoms with E-state index in [1.54, 1.807) is 54.8 Å². The minimum Gasteiger partial charge on any atom is -0.454 e. The average Bonchev–Trinajstić information content (AvgIpc) is 3.45. The molecule has 162 valence electrons. The first kappa shape index (κ1) is 20.7. The molecule has 0 radical (unpaired) electrons. The number of imide groups is 1. The number of aryl methyl sites for hydroxylation is 1. The largest absolute Gasteiger partial charge is 0.454 e. The molecule has 33 heavy (non-hydrogen) atoms. The van der Waals surface area contributed by atoms with E-state index in [-0.39, 0.29) is 28.2 Å². The van der Waals surface area contributed by atoms with Crippen molar-refractivity contribution in [2.24, 2.45) is 0 Å². The third-order valence-electron chi connectivity index (χ3n) is 5.40. The summed E-state index contributed by atoms with van der Waals surface area (Å²) in [5.41, 5.74) is 1.64. The second-order valence-electron chi connectivity index (χ2n) is 7.40. The van der Waals surface area contributed by atoms with E-state index in [1.165, 1.54) is 23.5 Å². The fourth-order valence-electron chi connectivity index (χ4n) is 3.91. The SMILES string of the molecule is Cc1nc2ccccc2c2c1C(=O)N(c1ccccc1C(=O)OCC(=O)c1cccs1)C2=O. The number of thiophene rings is 1. The van der Waals surface area contributed by atoms with Gasteiger partial charge in [0.1, 0.15) is 0 Å². The number of carbonyl (C=O) groups is 4. The summed E-state index contributed by atoms with van der Waals surface area (Å²) >= 11 is 1.25. The number of nitrogens with zero attached hydrogens (tertiary/aromatic N) is 2. The predicted octanol–water partition coefficient (Wildman–Crippen LogP) is 4.45. The molecule has 2 aromatic heterocycles. The van der Waals surface area contributed by atoms with Crippen LogP contribution in [-0.4, -0.2) is 35.2 Å². The summed E-state index contributed by atoms with van der Waals surface area (Å²) in [7, 11) is 0. The van der Waals surface area contributed by atoms with Crippen LogP contribution < -0.4 is 4.90 Å². The molecule has 0 N–H and O–H groups in total. The van der Waals surface area contributed by atoms with Crippen LogP contribution in [-0.2, 0) is 4.74 Å². The molecule has 4 aromatic rings. The number of rotatable bonds is 5. The van der Waals surface area contributed by atoms with E-state index in [4.69, 9.17) is 4.74 Å². The number of fused-ring (bicyclic) bond motifs is 3. The first-order chi connectivity index (χ1) is 16.0. The highest BCUT2D eigenvalue weighted by atomic mass is 32.1. The third-order valence-corrected chi connectivity index (χ3v) is 6.31. The number of ketones is 1. The molecule has 8 heteroatoms. The number of ether oxygens (including phenoxy) is 1. The van der Waals surface area contributed by atoms with Gasteiger partial charge in [-0.3, -0.25) is 19.4 Å². The highest BCUT2D eigenvalue weighted by Crippen LogP contribution is 2.35. The normalized spacial score (nSPS) is 12.8. The average molecular weight is 456 g/mol. The topological polar surface area (TPSA) is 93.6 Å². The Morgan fingerprint density at radius 1 is 0.939 bits per heavy atom. The summed E-state index contributed by atoms with van der Waals surface area (Å²) in [4.78, 5) is 57.7. The molecule has 2 aromatic carbocycles. The maximum Gasteiger partial charge on any atom is 0.340 e. The zero-order valence-electron chi connectivity index (χ0n) is 17.4. The number of aromatic nitrogens is 1. The molecule has 7 nitrogen and oxygen atoms in total. The van der Waals surface area contributed by atoms with Gasteiger partial charge in [-0.25, -0.2) is 9.69 Å². The fourth-order valence-corrected chi connectivity index (χ4v) is 4.56. The van der Waals surface area contributed by atoms with Crippen LogP contribution in [0.25, 0.3) is 10.9 Å². The van der Waals surface area contributed by atoms with Crippen molar-refractivity contribution in [2.75, 3.05) is 11.5 Å². The maximum atomic E-state index is 13.4. The molecular weight excluding hydrogens is 440 g/mol. The highest BCUT2D eigenvalue weighted by Gasteiger charge is 2.41. The summed E-state index contributed by atoms with van der Waals surface area (Å²) in [6, 6.07) is 16.7. The summed E-state index contributed by atoms with van der Waals surface area (Å²) in [5.74, 6) is -2.22. The molecule has 0 fully saturated rings. The molecule has 1 aliphatic heterocycles. The van der Waals surface area contributed by atoms with Gasteiger partial charge < -0.3 is 4.74 Å². The Labute approximate surface area is 192 Å². The molecular formula is C25H16N2O5S. The lowest BCUT2D eigenvalue weighted by molar-refractivity contribution is 0.0476. The Balaban J connectivity index is 1.50. The van der Waals surface area contributed by atoms with Crippen LogP contribution in [0.4, 0.5) is 5.69 Å². The lowest BCUT2D eigenvalue weighted by Gasteiger charge is -2.17. The molecule has 0 unspecified atom stereocenters. The lowest BCUT2D eigenvalue weighted by atomic mass is 10.0. The van der Waals surface area contributed by atoms with E-state index in [2.05, 4.69) is 4.98 Å². The molecule has 0 saturated carbocycles. The maximum absolute atomic E-state index is 13.4. The van der Waals surface area contributed by atoms with Crippen molar-refractivity contribution in [3.63, 3.8) is 0 Å². The van der Waals surface area contributed by atoms with E-state index >= 15 is 0 Å². The number of amides is 2. The van der Waals surface area contributed by atoms with Gasteiger partial charge in [0, 0.05) is 5.39 Å². The number of carbonyl (C=O) groups excluding carboxylic acids is 4. The number of pyridine rings is 1. The van der Waals surface area contributed by atoms with Gasteiger partial charge in [-0.15, -0.1) is 11.3 Å². The smallest absolute Gasteiger partial charge is 0.340 e. The summed E-state index contributed by atoms with van der Waals surface area (Å²) in [6.45, 7) is 1.24. The van der Waals surface area contributed by atoms with E-state index in [0.717, 1.165) is 4.90 Å². The van der Waals surface area contributed by atoms with Crippen LogP contribution in [0.2, 0.25) is 0 Å². The highest BCUT2D eigenvalue weighted by molar-refractivity contribution is 7.12. The third kappa shape index (κ3) is 3.41. The van der Waals surface area contributed by atoms with Gasteiger partial charge in [-0.2, -0.15) is 0 Å². The van der Waals surface area contributed by atoms with Gasteiger partial charge in [-0.1, -0.05) is 36.4 Å². The number of esters is 1. The molecule has 1 aliphatic rings. The van der Waals surface area contributed by atoms with E-state index in [0.29, 0.717) is 21.5 Å². The monoisotopic (exact) mass is 456 g/mol. The zero-order valence-corrected chi connectivity index (χ0v) is 18.2. The molecule has 3 heterocycles. The predicted molar refractivity (Wildman–Crippen MR) is 123 cm³/mol. The van der Waals surface area contributed by atoms with Gasteiger partial charge in [-0.05, 0) is 36.6 Å². The van der Waals surface area contributed by atoms with Crippen molar-refractivity contribution in [3.8, 4) is 0 Å². The molecule has 0 saturated heterocycles. The minimum absolute atomic E-state index is 0.0147. The Morgan fingerprint density at radius 3 is 2.45 bits per heavy atom. The number of para-hydroxylation sites is 2. The van der Waals surface area contributed by atoms with Crippen molar-refractivity contribution in [1.29, 1.82) is 0 Å². The van der Waals surface area contributed by atoms with Crippen LogP contribution in [0, 0.1) is 6.92 Å². The van der Waals surface area contributed by atoms with Crippen LogP contribution in [0.15, 0.2) is 66.0 Å². The number of hydrogen-bond donors (Lipinski definition) is 0. The van der Waals surface area contributed by atoms with Crippen molar-refractivity contribution < 1.29 is 23.9 Å². The van der Waals surface area contributed by atoms with Crippen molar-refractivity contribution in [1.82, 2.24) is 4.98 Å². The molecule has 0 aliphatic carbocycles. The second-order valence-corrected chi connectivity index (χ2v) is 8.35. The van der Waals surface area contributed by atoms with Crippen LogP contribution >= 0.6 is 11.3 Å². The van der Waals surface area contributed by atoms with Gasteiger partial charge in [0.2, 0.25) is 5.78 Å². The first-order valence-electron chi connectivity index (χ1n) is 10.1. The summed E-state index contributed by atoms with van der Waals surface area (Å²) in [6.07, 6.45) is 0. The van der Waals surface area contributed by atoms with Gasteiger partial charge in [0.15, 0.2) is 6.61 Å². The van der Waals surface area contributed by atoms with E-state index < -0.39 is 24.4 Å². The van der Waals surface area contributed by atoms with Crippen molar-refractivity contribution >= 4 is 51.5 Å². The van der Waals surface area contributed by atoms with Gasteiger partial charge in [0.05, 0.1) is 38.5 Å². The van der Waals surface area contributed by atoms with Crippen LogP contribution in [0.1, 0.15) is 46.4 Å². The Morgan fingerprint density at radius 2 is 1.67 bits per heavy atom. The Hall–Kier alpha value is -4.17. The van der Waals surface area contributed by atoms with Crippen molar-refractivity contribution in [2.45, 2.75) is 6.92 Å². The Bertz CT molecular complexity index is 1460. The molecule has 0 atom stereocenters. The molecule has 5 rings (SSSR count). The lowest BCUT2D eigenvalue weighted by Crippen LogP contribution is -2.31. The van der Waals surface area contributed by atoms with E-state index in [9.17, 15) is 19.2 Å². The molecule has 0 spiro atoms. The number of hydrogen-bond acceptors (Lipinski definition) is 7. The van der Waals surface area contributed by atoms with Crippen molar-refractivity contribution in [3.05, 3.63) is 93.3 Å². The Kier molecular flexibility index (Phi) is 5.07. The fraction of sp³-hybridized carbons (Fsp3) is 0.0800. The second kappa shape index (κ2) is 8.07.